The molecule has 112 valence electrons. The molecule has 0 bridgehead atoms. The van der Waals surface area contributed by atoms with Crippen molar-refractivity contribution in [3.8, 4) is 0 Å². The molecular formula is C21H23N. The van der Waals surface area contributed by atoms with Crippen LogP contribution in [-0.2, 0) is 6.54 Å². The Morgan fingerprint density at radius 2 is 1.95 bits per heavy atom. The molecule has 2 aromatic rings. The Morgan fingerprint density at radius 1 is 1.14 bits per heavy atom. The van der Waals surface area contributed by atoms with Crippen LogP contribution in [0, 0.1) is 13.8 Å². The fourth-order valence-electron chi connectivity index (χ4n) is 2.98. The lowest BCUT2D eigenvalue weighted by molar-refractivity contribution is 1.04. The zero-order chi connectivity index (χ0) is 15.7. The van der Waals surface area contributed by atoms with Gasteiger partial charge in [0.05, 0.1) is 0 Å². The van der Waals surface area contributed by atoms with Gasteiger partial charge in [-0.2, -0.15) is 0 Å². The summed E-state index contributed by atoms with van der Waals surface area (Å²) in [6.07, 6.45) is 5.49. The van der Waals surface area contributed by atoms with E-state index >= 15 is 0 Å². The molecule has 0 amide bonds. The molecule has 0 atom stereocenters. The average Bonchev–Trinajstić information content (AvgIpc) is 2.83. The number of anilines is 1. The zero-order valence-corrected chi connectivity index (χ0v) is 13.7. The maximum atomic E-state index is 4.32. The van der Waals surface area contributed by atoms with E-state index in [0.717, 1.165) is 18.7 Å². The van der Waals surface area contributed by atoms with E-state index < -0.39 is 0 Å². The maximum absolute atomic E-state index is 4.32. The minimum Gasteiger partial charge on any atom is -0.337 e. The van der Waals surface area contributed by atoms with Gasteiger partial charge < -0.3 is 4.90 Å². The number of fused-ring (bicyclic) bond motifs is 1. The molecule has 0 N–H and O–H groups in total. The van der Waals surface area contributed by atoms with E-state index in [2.05, 4.69) is 80.8 Å². The Balaban J connectivity index is 1.96. The Labute approximate surface area is 133 Å². The third-order valence-corrected chi connectivity index (χ3v) is 4.34. The van der Waals surface area contributed by atoms with Crippen LogP contribution in [0.2, 0.25) is 0 Å². The summed E-state index contributed by atoms with van der Waals surface area (Å²) >= 11 is 0. The van der Waals surface area contributed by atoms with Gasteiger partial charge in [0.25, 0.3) is 0 Å². The standard InChI is InChI=1S/C21H23N/c1-5-6-7-18-13-20(11-9-16(18)3)22-14-19-10-8-15(2)12-21(19)17(22)4/h6-13H,4-5,14H2,1-3H3/b7-6-. The Kier molecular flexibility index (Phi) is 3.89. The van der Waals surface area contributed by atoms with Crippen LogP contribution in [-0.4, -0.2) is 0 Å². The summed E-state index contributed by atoms with van der Waals surface area (Å²) in [6, 6.07) is 13.3. The normalized spacial score (nSPS) is 14.0. The summed E-state index contributed by atoms with van der Waals surface area (Å²) in [5.74, 6) is 0. The van der Waals surface area contributed by atoms with Crippen molar-refractivity contribution in [2.45, 2.75) is 33.7 Å². The first-order valence-corrected chi connectivity index (χ1v) is 7.93. The van der Waals surface area contributed by atoms with Crippen molar-refractivity contribution in [3.05, 3.63) is 76.9 Å². The molecule has 3 rings (SSSR count). The third-order valence-electron chi connectivity index (χ3n) is 4.34. The molecular weight excluding hydrogens is 266 g/mol. The van der Waals surface area contributed by atoms with Crippen molar-refractivity contribution in [2.75, 3.05) is 4.90 Å². The largest absolute Gasteiger partial charge is 0.337 e. The number of allylic oxidation sites excluding steroid dienone is 1. The molecule has 1 heterocycles. The smallest absolute Gasteiger partial charge is 0.0488 e. The van der Waals surface area contributed by atoms with Crippen LogP contribution in [0.1, 0.15) is 41.2 Å². The van der Waals surface area contributed by atoms with Crippen LogP contribution >= 0.6 is 0 Å². The van der Waals surface area contributed by atoms with Crippen LogP contribution in [0.5, 0.6) is 0 Å². The van der Waals surface area contributed by atoms with Crippen molar-refractivity contribution in [2.24, 2.45) is 0 Å². The van der Waals surface area contributed by atoms with Gasteiger partial charge in [-0.25, -0.2) is 0 Å². The Morgan fingerprint density at radius 3 is 2.73 bits per heavy atom. The highest BCUT2D eigenvalue weighted by Gasteiger charge is 2.23. The quantitative estimate of drug-likeness (QED) is 0.698. The maximum Gasteiger partial charge on any atom is 0.0488 e. The monoisotopic (exact) mass is 289 g/mol. The third kappa shape index (κ3) is 2.59. The topological polar surface area (TPSA) is 3.24 Å². The second-order valence-corrected chi connectivity index (χ2v) is 6.04. The molecule has 1 aliphatic heterocycles. The zero-order valence-electron chi connectivity index (χ0n) is 13.7. The van der Waals surface area contributed by atoms with Crippen molar-refractivity contribution >= 4 is 17.5 Å². The first-order valence-electron chi connectivity index (χ1n) is 7.93. The number of hydrogen-bond donors (Lipinski definition) is 0. The van der Waals surface area contributed by atoms with Gasteiger partial charge in [-0.1, -0.05) is 49.4 Å². The van der Waals surface area contributed by atoms with Crippen molar-refractivity contribution < 1.29 is 0 Å². The molecule has 0 saturated heterocycles. The molecule has 0 fully saturated rings. The summed E-state index contributed by atoms with van der Waals surface area (Å²) in [7, 11) is 0. The van der Waals surface area contributed by atoms with E-state index in [4.69, 9.17) is 0 Å². The highest BCUT2D eigenvalue weighted by Crippen LogP contribution is 2.36. The van der Waals surface area contributed by atoms with Crippen molar-refractivity contribution in [3.63, 3.8) is 0 Å². The summed E-state index contributed by atoms with van der Waals surface area (Å²) in [5, 5.41) is 0. The fraction of sp³-hybridized carbons (Fsp3) is 0.238. The minimum atomic E-state index is 0.911. The molecule has 0 saturated carbocycles. The predicted octanol–water partition coefficient (Wildman–Crippen LogP) is 5.72. The Hall–Kier alpha value is -2.28. The van der Waals surface area contributed by atoms with Crippen LogP contribution < -0.4 is 4.90 Å². The van der Waals surface area contributed by atoms with Crippen LogP contribution in [0.25, 0.3) is 11.8 Å². The van der Waals surface area contributed by atoms with Gasteiger partial charge in [0.15, 0.2) is 0 Å². The number of aryl methyl sites for hydroxylation is 2. The van der Waals surface area contributed by atoms with E-state index in [1.807, 2.05) is 0 Å². The summed E-state index contributed by atoms with van der Waals surface area (Å²) in [5.41, 5.74) is 8.87. The summed E-state index contributed by atoms with van der Waals surface area (Å²) in [4.78, 5) is 2.31. The second kappa shape index (κ2) is 5.84. The van der Waals surface area contributed by atoms with Gasteiger partial charge in [-0.3, -0.25) is 0 Å². The molecule has 2 aromatic carbocycles. The second-order valence-electron chi connectivity index (χ2n) is 6.04. The molecule has 1 aliphatic rings. The van der Waals surface area contributed by atoms with Gasteiger partial charge in [-0.15, -0.1) is 0 Å². The molecule has 1 nitrogen and oxygen atoms in total. The first kappa shape index (κ1) is 14.6. The predicted molar refractivity (Wildman–Crippen MR) is 96.9 cm³/mol. The number of hydrogen-bond acceptors (Lipinski definition) is 1. The molecule has 0 aromatic heterocycles. The Bertz CT molecular complexity index is 752. The highest BCUT2D eigenvalue weighted by molar-refractivity contribution is 5.84. The molecule has 0 unspecified atom stereocenters. The molecule has 0 radical (unpaired) electrons. The van der Waals surface area contributed by atoms with Gasteiger partial charge >= 0.3 is 0 Å². The lowest BCUT2D eigenvalue weighted by atomic mass is 10.1. The molecule has 0 aliphatic carbocycles. The van der Waals surface area contributed by atoms with E-state index in [1.165, 1.54) is 33.5 Å². The fourth-order valence-corrected chi connectivity index (χ4v) is 2.98. The lowest BCUT2D eigenvalue weighted by Crippen LogP contribution is -2.13. The minimum absolute atomic E-state index is 0.911. The van der Waals surface area contributed by atoms with Crippen molar-refractivity contribution in [1.29, 1.82) is 0 Å². The van der Waals surface area contributed by atoms with E-state index in [0.29, 0.717) is 0 Å². The molecule has 1 heteroatoms. The lowest BCUT2D eigenvalue weighted by Gasteiger charge is -2.20. The van der Waals surface area contributed by atoms with Gasteiger partial charge in [0, 0.05) is 23.5 Å². The van der Waals surface area contributed by atoms with E-state index in [9.17, 15) is 0 Å². The van der Waals surface area contributed by atoms with E-state index in [1.54, 1.807) is 0 Å². The average molecular weight is 289 g/mol. The van der Waals surface area contributed by atoms with Crippen molar-refractivity contribution in [1.82, 2.24) is 0 Å². The first-order chi connectivity index (χ1) is 10.6. The van der Waals surface area contributed by atoms with Crippen LogP contribution in [0.15, 0.2) is 49.1 Å². The van der Waals surface area contributed by atoms with E-state index in [-0.39, 0.29) is 0 Å². The molecule has 0 spiro atoms. The summed E-state index contributed by atoms with van der Waals surface area (Å²) < 4.78 is 0. The van der Waals surface area contributed by atoms with Gasteiger partial charge in [0.1, 0.15) is 0 Å². The number of nitrogens with zero attached hydrogens (tertiary/aromatic N) is 1. The highest BCUT2D eigenvalue weighted by atomic mass is 15.2. The SMILES string of the molecule is C=C1c2cc(C)ccc2CN1c1ccc(C)c(/C=C\CC)c1. The van der Waals surface area contributed by atoms with Gasteiger partial charge in [0.2, 0.25) is 0 Å². The number of rotatable bonds is 3. The van der Waals surface area contributed by atoms with Crippen LogP contribution in [0.3, 0.4) is 0 Å². The van der Waals surface area contributed by atoms with Gasteiger partial charge in [-0.05, 0) is 55.2 Å². The number of benzene rings is 2. The molecule has 22 heavy (non-hydrogen) atoms. The van der Waals surface area contributed by atoms with Crippen LogP contribution in [0.4, 0.5) is 5.69 Å². The summed E-state index contributed by atoms with van der Waals surface area (Å²) in [6.45, 7) is 11.7.